The Morgan fingerprint density at radius 2 is 1.61 bits per heavy atom. The van der Waals surface area contributed by atoms with Crippen molar-refractivity contribution in [2.24, 2.45) is 0 Å². The second-order valence-corrected chi connectivity index (χ2v) is 10.3. The van der Waals surface area contributed by atoms with E-state index < -0.39 is 32.3 Å². The van der Waals surface area contributed by atoms with Gasteiger partial charge in [0.1, 0.15) is 11.5 Å². The molecule has 1 saturated heterocycles. The maximum absolute atomic E-state index is 14.1. The molecule has 33 heavy (non-hydrogen) atoms. The average Bonchev–Trinajstić information content (AvgIpc) is 3.18. The van der Waals surface area contributed by atoms with Gasteiger partial charge in [0, 0.05) is 11.3 Å². The van der Waals surface area contributed by atoms with Gasteiger partial charge in [0.15, 0.2) is 9.84 Å². The van der Waals surface area contributed by atoms with Crippen LogP contribution < -0.4 is 14.5 Å². The highest BCUT2D eigenvalue weighted by atomic mass is 32.2. The van der Waals surface area contributed by atoms with Crippen LogP contribution in [0.2, 0.25) is 0 Å². The van der Waals surface area contributed by atoms with Crippen molar-refractivity contribution in [2.75, 3.05) is 22.7 Å². The number of amides is 2. The summed E-state index contributed by atoms with van der Waals surface area (Å²) in [7, 11) is -2.68. The number of carbonyl (C=O) groups excluding carboxylic acids is 2. The van der Waals surface area contributed by atoms with Crippen LogP contribution >= 0.6 is 0 Å². The van der Waals surface area contributed by atoms with Gasteiger partial charge in [0.05, 0.1) is 19.3 Å². The third-order valence-electron chi connectivity index (χ3n) is 6.34. The quantitative estimate of drug-likeness (QED) is 0.595. The van der Waals surface area contributed by atoms with Gasteiger partial charge in [-0.1, -0.05) is 42.5 Å². The number of carbonyl (C=O) groups is 2. The number of benzene rings is 3. The highest BCUT2D eigenvalue weighted by Gasteiger charge is 2.69. The molecule has 1 fully saturated rings. The number of hydrogen-bond acceptors (Lipinski definition) is 5. The molecule has 0 saturated carbocycles. The Labute approximate surface area is 192 Å². The molecule has 7 nitrogen and oxygen atoms in total. The van der Waals surface area contributed by atoms with Crippen LogP contribution in [-0.2, 0) is 30.8 Å². The zero-order valence-electron chi connectivity index (χ0n) is 18.2. The molecule has 0 N–H and O–H groups in total. The molecular formula is C25H22N2O5S. The van der Waals surface area contributed by atoms with Crippen molar-refractivity contribution >= 4 is 33.0 Å². The summed E-state index contributed by atoms with van der Waals surface area (Å²) in [6, 6.07) is 20.9. The molecule has 2 amide bonds. The van der Waals surface area contributed by atoms with Crippen LogP contribution in [0.5, 0.6) is 5.75 Å². The van der Waals surface area contributed by atoms with E-state index in [1.807, 2.05) is 31.2 Å². The van der Waals surface area contributed by atoms with Gasteiger partial charge in [-0.05, 0) is 48.4 Å². The minimum absolute atomic E-state index is 0.199. The van der Waals surface area contributed by atoms with Crippen LogP contribution in [0.1, 0.15) is 16.7 Å². The van der Waals surface area contributed by atoms with Crippen molar-refractivity contribution in [3.63, 3.8) is 0 Å². The van der Waals surface area contributed by atoms with Crippen molar-refractivity contribution in [1.82, 2.24) is 0 Å². The number of hydrogen-bond donors (Lipinski definition) is 0. The summed E-state index contributed by atoms with van der Waals surface area (Å²) in [6.07, 6.45) is 0. The lowest BCUT2D eigenvalue weighted by atomic mass is 10.0. The van der Waals surface area contributed by atoms with Crippen LogP contribution in [0, 0.1) is 6.92 Å². The molecule has 2 aliphatic heterocycles. The Balaban J connectivity index is 1.72. The molecular weight excluding hydrogens is 440 g/mol. The molecule has 0 aromatic heterocycles. The number of sulfone groups is 1. The van der Waals surface area contributed by atoms with E-state index in [0.717, 1.165) is 16.0 Å². The van der Waals surface area contributed by atoms with E-state index in [9.17, 15) is 18.0 Å². The van der Waals surface area contributed by atoms with Crippen LogP contribution in [-0.4, -0.2) is 33.1 Å². The highest BCUT2D eigenvalue weighted by Crippen LogP contribution is 2.52. The number of para-hydroxylation sites is 1. The van der Waals surface area contributed by atoms with Crippen molar-refractivity contribution in [1.29, 1.82) is 0 Å². The molecule has 5 rings (SSSR count). The predicted molar refractivity (Wildman–Crippen MR) is 125 cm³/mol. The summed E-state index contributed by atoms with van der Waals surface area (Å²) in [4.78, 5) is 27.7. The normalized spacial score (nSPS) is 21.0. The van der Waals surface area contributed by atoms with Crippen LogP contribution in [0.15, 0.2) is 72.8 Å². The molecule has 1 atom stereocenters. The minimum Gasteiger partial charge on any atom is -0.497 e. The molecule has 1 unspecified atom stereocenters. The molecule has 3 aromatic rings. The zero-order chi connectivity index (χ0) is 23.4. The van der Waals surface area contributed by atoms with Gasteiger partial charge in [0.25, 0.3) is 10.8 Å². The lowest BCUT2D eigenvalue weighted by molar-refractivity contribution is -0.123. The maximum atomic E-state index is 14.1. The Bertz CT molecular complexity index is 1380. The van der Waals surface area contributed by atoms with Gasteiger partial charge in [-0.3, -0.25) is 14.5 Å². The monoisotopic (exact) mass is 462 g/mol. The number of rotatable bonds is 4. The largest absolute Gasteiger partial charge is 0.497 e. The van der Waals surface area contributed by atoms with Crippen LogP contribution in [0.25, 0.3) is 0 Å². The molecule has 3 aromatic carbocycles. The Morgan fingerprint density at radius 1 is 0.939 bits per heavy atom. The van der Waals surface area contributed by atoms with Crippen LogP contribution in [0.3, 0.4) is 0 Å². The number of fused-ring (bicyclic) bond motifs is 2. The standard InChI is InChI=1S/C25H22N2O5S/c1-17-7-3-4-8-18(17)15-26-22-10-6-5-9-21(22)25(24(26)29)27(23(28)16-33(25,30)31)19-11-13-20(32-2)14-12-19/h3-14H,15-16H2,1-2H3. The van der Waals surface area contributed by atoms with Gasteiger partial charge in [-0.2, -0.15) is 0 Å². The molecule has 1 spiro atoms. The molecule has 0 aliphatic carbocycles. The summed E-state index contributed by atoms with van der Waals surface area (Å²) < 4.78 is 32.4. The number of methoxy groups -OCH3 is 1. The fourth-order valence-corrected chi connectivity index (χ4v) is 6.77. The molecule has 0 radical (unpaired) electrons. The van der Waals surface area contributed by atoms with Gasteiger partial charge in [-0.25, -0.2) is 8.42 Å². The summed E-state index contributed by atoms with van der Waals surface area (Å²) in [5, 5.41) is 0. The van der Waals surface area contributed by atoms with Gasteiger partial charge < -0.3 is 9.64 Å². The van der Waals surface area contributed by atoms with Crippen molar-refractivity contribution < 1.29 is 22.7 Å². The lowest BCUT2D eigenvalue weighted by Crippen LogP contribution is -2.54. The molecule has 2 aliphatic rings. The van der Waals surface area contributed by atoms with E-state index in [1.54, 1.807) is 48.5 Å². The Kier molecular flexibility index (Phi) is 4.79. The smallest absolute Gasteiger partial charge is 0.274 e. The third-order valence-corrected chi connectivity index (χ3v) is 8.45. The summed E-state index contributed by atoms with van der Waals surface area (Å²) in [6.45, 7) is 2.14. The Morgan fingerprint density at radius 3 is 2.30 bits per heavy atom. The van der Waals surface area contributed by atoms with Crippen molar-refractivity contribution in [3.8, 4) is 5.75 Å². The number of ether oxygens (including phenoxy) is 1. The summed E-state index contributed by atoms with van der Waals surface area (Å²) >= 11 is 0. The summed E-state index contributed by atoms with van der Waals surface area (Å²) in [5.41, 5.74) is 2.99. The first kappa shape index (κ1) is 21.2. The fourth-order valence-electron chi connectivity index (χ4n) is 4.74. The molecule has 8 heteroatoms. The van der Waals surface area contributed by atoms with Crippen LogP contribution in [0.4, 0.5) is 11.4 Å². The lowest BCUT2D eigenvalue weighted by Gasteiger charge is -2.32. The third kappa shape index (κ3) is 2.90. The molecule has 0 bridgehead atoms. The number of aryl methyl sites for hydroxylation is 1. The Hall–Kier alpha value is -3.65. The van der Waals surface area contributed by atoms with E-state index >= 15 is 0 Å². The highest BCUT2D eigenvalue weighted by molar-refractivity contribution is 7.94. The van der Waals surface area contributed by atoms with E-state index in [-0.39, 0.29) is 6.54 Å². The van der Waals surface area contributed by atoms with E-state index in [2.05, 4.69) is 0 Å². The topological polar surface area (TPSA) is 84.0 Å². The van der Waals surface area contributed by atoms with E-state index in [1.165, 1.54) is 12.0 Å². The minimum atomic E-state index is -4.19. The zero-order valence-corrected chi connectivity index (χ0v) is 19.0. The van der Waals surface area contributed by atoms with Gasteiger partial charge in [0.2, 0.25) is 5.91 Å². The first-order chi connectivity index (χ1) is 15.8. The SMILES string of the molecule is COc1ccc(N2C(=O)CS(=O)(=O)C23C(=O)N(Cc2ccccc2C)c2ccccc23)cc1. The number of nitrogens with zero attached hydrogens (tertiary/aromatic N) is 2. The maximum Gasteiger partial charge on any atom is 0.274 e. The molecule has 168 valence electrons. The van der Waals surface area contributed by atoms with Crippen molar-refractivity contribution in [3.05, 3.63) is 89.5 Å². The number of anilines is 2. The van der Waals surface area contributed by atoms with E-state index in [0.29, 0.717) is 22.7 Å². The first-order valence-corrected chi connectivity index (χ1v) is 12.1. The second-order valence-electron chi connectivity index (χ2n) is 8.17. The van der Waals surface area contributed by atoms with Gasteiger partial charge >= 0.3 is 0 Å². The van der Waals surface area contributed by atoms with Gasteiger partial charge in [-0.15, -0.1) is 0 Å². The first-order valence-electron chi connectivity index (χ1n) is 10.5. The predicted octanol–water partition coefficient (Wildman–Crippen LogP) is 3.16. The fraction of sp³-hybridized carbons (Fsp3) is 0.200. The second kappa shape index (κ2) is 7.45. The molecule has 2 heterocycles. The average molecular weight is 463 g/mol. The summed E-state index contributed by atoms with van der Waals surface area (Å²) in [5.74, 6) is -1.46. The van der Waals surface area contributed by atoms with E-state index in [4.69, 9.17) is 4.74 Å². The van der Waals surface area contributed by atoms with Crippen molar-refractivity contribution in [2.45, 2.75) is 18.3 Å².